The average Bonchev–Trinajstić information content (AvgIpc) is 2.95. The molecule has 19 heavy (non-hydrogen) atoms. The van der Waals surface area contributed by atoms with Crippen molar-refractivity contribution in [1.29, 1.82) is 0 Å². The third-order valence-electron chi connectivity index (χ3n) is 2.61. The van der Waals surface area contributed by atoms with Crippen molar-refractivity contribution in [3.8, 4) is 10.6 Å². The summed E-state index contributed by atoms with van der Waals surface area (Å²) in [4.78, 5) is 0.724. The van der Waals surface area contributed by atoms with Gasteiger partial charge < -0.3 is 10.5 Å². The van der Waals surface area contributed by atoms with Gasteiger partial charge in [-0.3, -0.25) is 0 Å². The fourth-order valence-corrected chi connectivity index (χ4v) is 2.97. The summed E-state index contributed by atoms with van der Waals surface area (Å²) in [5, 5.41) is 13.4. The number of benzene rings is 1. The van der Waals surface area contributed by atoms with E-state index in [1.807, 2.05) is 18.2 Å². The Labute approximate surface area is 121 Å². The topological polar surface area (TPSA) is 78.3 Å². The lowest BCUT2D eigenvalue weighted by atomic mass is 10.2. The summed E-state index contributed by atoms with van der Waals surface area (Å²) in [6.45, 7) is 0.373. The zero-order chi connectivity index (χ0) is 13.4. The van der Waals surface area contributed by atoms with Gasteiger partial charge in [-0.05, 0) is 28.1 Å². The van der Waals surface area contributed by atoms with Crippen molar-refractivity contribution in [3.63, 3.8) is 0 Å². The van der Waals surface area contributed by atoms with Gasteiger partial charge in [0.1, 0.15) is 11.6 Å². The molecule has 0 aliphatic rings. The molecular weight excluding hydrogens is 330 g/mol. The Hall–Kier alpha value is -1.51. The molecule has 8 heteroatoms. The summed E-state index contributed by atoms with van der Waals surface area (Å²) in [6.07, 6.45) is 0. The molecule has 0 unspecified atom stereocenters. The van der Waals surface area contributed by atoms with Crippen LogP contribution in [0, 0.1) is 0 Å². The number of hydrogen-bond donors (Lipinski definition) is 1. The van der Waals surface area contributed by atoms with Gasteiger partial charge in [0.25, 0.3) is 0 Å². The monoisotopic (exact) mass is 339 g/mol. The SMILES string of the molecule is COCc1nnc2sc(-c3cccc(Br)c3N)nn12. The summed E-state index contributed by atoms with van der Waals surface area (Å²) in [6, 6.07) is 5.76. The molecule has 0 radical (unpaired) electrons. The van der Waals surface area contributed by atoms with Gasteiger partial charge in [-0.25, -0.2) is 0 Å². The van der Waals surface area contributed by atoms with Crippen molar-refractivity contribution in [2.75, 3.05) is 12.8 Å². The number of ether oxygens (including phenoxy) is 1. The zero-order valence-corrected chi connectivity index (χ0v) is 12.4. The molecule has 0 atom stereocenters. The minimum atomic E-state index is 0.373. The molecule has 0 saturated carbocycles. The van der Waals surface area contributed by atoms with Gasteiger partial charge >= 0.3 is 0 Å². The molecule has 2 aromatic heterocycles. The van der Waals surface area contributed by atoms with Gasteiger partial charge in [-0.1, -0.05) is 17.4 Å². The van der Waals surface area contributed by atoms with E-state index in [1.54, 1.807) is 11.6 Å². The van der Waals surface area contributed by atoms with Crippen LogP contribution in [0.2, 0.25) is 0 Å². The van der Waals surface area contributed by atoms with E-state index < -0.39 is 0 Å². The quantitative estimate of drug-likeness (QED) is 0.741. The van der Waals surface area contributed by atoms with Crippen molar-refractivity contribution in [2.45, 2.75) is 6.61 Å². The van der Waals surface area contributed by atoms with Gasteiger partial charge in [0, 0.05) is 17.1 Å². The summed E-state index contributed by atoms with van der Waals surface area (Å²) >= 11 is 4.86. The van der Waals surface area contributed by atoms with Gasteiger partial charge in [0.15, 0.2) is 5.82 Å². The number of nitrogens with zero attached hydrogens (tertiary/aromatic N) is 4. The van der Waals surface area contributed by atoms with Crippen LogP contribution in [0.3, 0.4) is 0 Å². The van der Waals surface area contributed by atoms with Crippen LogP contribution in [0.1, 0.15) is 5.82 Å². The molecule has 98 valence electrons. The van der Waals surface area contributed by atoms with Crippen LogP contribution in [0.25, 0.3) is 15.5 Å². The van der Waals surface area contributed by atoms with Crippen molar-refractivity contribution >= 4 is 37.9 Å². The van der Waals surface area contributed by atoms with Crippen LogP contribution in [0.4, 0.5) is 5.69 Å². The second kappa shape index (κ2) is 4.87. The van der Waals surface area contributed by atoms with E-state index in [0.717, 1.165) is 20.0 Å². The van der Waals surface area contributed by atoms with E-state index in [4.69, 9.17) is 10.5 Å². The number of halogens is 1. The Kier molecular flexibility index (Phi) is 3.21. The molecule has 0 aliphatic carbocycles. The number of nitrogens with two attached hydrogens (primary N) is 1. The second-order valence-corrected chi connectivity index (χ2v) is 5.66. The van der Waals surface area contributed by atoms with Crippen molar-refractivity contribution in [1.82, 2.24) is 19.8 Å². The summed E-state index contributed by atoms with van der Waals surface area (Å²) in [7, 11) is 1.61. The third-order valence-corrected chi connectivity index (χ3v) is 4.24. The van der Waals surface area contributed by atoms with E-state index in [2.05, 4.69) is 31.2 Å². The van der Waals surface area contributed by atoms with E-state index in [-0.39, 0.29) is 0 Å². The molecule has 0 fully saturated rings. The fraction of sp³-hybridized carbons (Fsp3) is 0.182. The summed E-state index contributed by atoms with van der Waals surface area (Å²) in [5.41, 5.74) is 7.60. The molecule has 2 heterocycles. The first kappa shape index (κ1) is 12.5. The van der Waals surface area contributed by atoms with E-state index in [0.29, 0.717) is 18.1 Å². The number of methoxy groups -OCH3 is 1. The highest BCUT2D eigenvalue weighted by atomic mass is 79.9. The summed E-state index contributed by atoms with van der Waals surface area (Å²) < 4.78 is 7.60. The summed E-state index contributed by atoms with van der Waals surface area (Å²) in [5.74, 6) is 0.675. The molecule has 3 rings (SSSR count). The third kappa shape index (κ3) is 2.11. The first-order chi connectivity index (χ1) is 9.20. The largest absolute Gasteiger partial charge is 0.397 e. The normalized spacial score (nSPS) is 11.3. The first-order valence-corrected chi connectivity index (χ1v) is 7.06. The smallest absolute Gasteiger partial charge is 0.235 e. The molecule has 0 bridgehead atoms. The van der Waals surface area contributed by atoms with Gasteiger partial charge in [0.2, 0.25) is 4.96 Å². The number of hydrogen-bond acceptors (Lipinski definition) is 6. The van der Waals surface area contributed by atoms with Crippen molar-refractivity contribution < 1.29 is 4.74 Å². The van der Waals surface area contributed by atoms with Crippen LogP contribution in [0.15, 0.2) is 22.7 Å². The molecule has 6 nitrogen and oxygen atoms in total. The fourth-order valence-electron chi connectivity index (χ4n) is 1.71. The number of para-hydroxylation sites is 1. The van der Waals surface area contributed by atoms with Crippen LogP contribution in [-0.2, 0) is 11.3 Å². The highest BCUT2D eigenvalue weighted by Crippen LogP contribution is 2.34. The molecule has 0 amide bonds. The highest BCUT2D eigenvalue weighted by molar-refractivity contribution is 9.10. The first-order valence-electron chi connectivity index (χ1n) is 5.45. The number of fused-ring (bicyclic) bond motifs is 1. The highest BCUT2D eigenvalue weighted by Gasteiger charge is 2.15. The van der Waals surface area contributed by atoms with Crippen LogP contribution < -0.4 is 5.73 Å². The van der Waals surface area contributed by atoms with E-state index in [1.165, 1.54) is 11.3 Å². The molecule has 3 aromatic rings. The Balaban J connectivity index is 2.13. The molecule has 0 spiro atoms. The maximum Gasteiger partial charge on any atom is 0.235 e. The standard InChI is InChI=1S/C11H10BrN5OS/c1-18-5-8-14-15-11-17(8)16-10(19-11)6-3-2-4-7(12)9(6)13/h2-4H,5,13H2,1H3. The maximum absolute atomic E-state index is 6.05. The van der Waals surface area contributed by atoms with Crippen molar-refractivity contribution in [3.05, 3.63) is 28.5 Å². The number of rotatable bonds is 3. The molecule has 1 aromatic carbocycles. The lowest BCUT2D eigenvalue weighted by Crippen LogP contribution is -1.98. The van der Waals surface area contributed by atoms with Crippen molar-refractivity contribution in [2.24, 2.45) is 0 Å². The van der Waals surface area contributed by atoms with Gasteiger partial charge in [-0.2, -0.15) is 9.61 Å². The van der Waals surface area contributed by atoms with E-state index >= 15 is 0 Å². The van der Waals surface area contributed by atoms with Gasteiger partial charge in [-0.15, -0.1) is 10.2 Å². The Bertz CT molecular complexity index is 738. The average molecular weight is 340 g/mol. The van der Waals surface area contributed by atoms with Crippen LogP contribution in [-0.4, -0.2) is 26.9 Å². The minimum Gasteiger partial charge on any atom is -0.397 e. The van der Waals surface area contributed by atoms with Gasteiger partial charge in [0.05, 0.1) is 5.69 Å². The molecule has 0 aliphatic heterocycles. The van der Waals surface area contributed by atoms with E-state index in [9.17, 15) is 0 Å². The number of aromatic nitrogens is 4. The molecule has 2 N–H and O–H groups in total. The maximum atomic E-state index is 6.05. The Morgan fingerprint density at radius 2 is 2.26 bits per heavy atom. The number of anilines is 1. The predicted molar refractivity (Wildman–Crippen MR) is 76.9 cm³/mol. The Morgan fingerprint density at radius 3 is 3.05 bits per heavy atom. The molecular formula is C11H10BrN5OS. The number of nitrogen functional groups attached to an aromatic ring is 1. The molecule has 0 saturated heterocycles. The Morgan fingerprint density at radius 1 is 1.42 bits per heavy atom. The predicted octanol–water partition coefficient (Wildman–Crippen LogP) is 2.34. The lowest BCUT2D eigenvalue weighted by molar-refractivity contribution is 0.176. The lowest BCUT2D eigenvalue weighted by Gasteiger charge is -2.03. The zero-order valence-electron chi connectivity index (χ0n) is 10.00. The van der Waals surface area contributed by atoms with Crippen LogP contribution in [0.5, 0.6) is 0 Å². The minimum absolute atomic E-state index is 0.373. The second-order valence-electron chi connectivity index (χ2n) is 3.85. The van der Waals surface area contributed by atoms with Crippen LogP contribution >= 0.6 is 27.3 Å².